The number of nitrogens with zero attached hydrogens (tertiary/aromatic N) is 5. The standard InChI is InChI=1S/C16H23F2N5/c1-3-4-9-22-15(13-10-11(2)23(20-13)16(17)18)19-14(21-22)12-7-5-6-8-12/h10,12,16H,3-9H2,1-2H3. The van der Waals surface area contributed by atoms with E-state index in [0.717, 1.165) is 42.7 Å². The molecular weight excluding hydrogens is 300 g/mol. The third kappa shape index (κ3) is 3.28. The molecule has 0 saturated heterocycles. The fourth-order valence-corrected chi connectivity index (χ4v) is 3.16. The van der Waals surface area contributed by atoms with Crippen LogP contribution in [0.15, 0.2) is 6.07 Å². The van der Waals surface area contributed by atoms with Crippen molar-refractivity contribution >= 4 is 0 Å². The summed E-state index contributed by atoms with van der Waals surface area (Å²) < 4.78 is 28.5. The molecule has 7 heteroatoms. The molecule has 2 aromatic rings. The average molecular weight is 323 g/mol. The Morgan fingerprint density at radius 1 is 1.26 bits per heavy atom. The van der Waals surface area contributed by atoms with Gasteiger partial charge in [-0.1, -0.05) is 26.2 Å². The predicted molar refractivity (Wildman–Crippen MR) is 83.4 cm³/mol. The molecule has 3 rings (SSSR count). The SMILES string of the molecule is CCCCn1nc(C2CCCC2)nc1-c1cc(C)n(C(F)F)n1. The smallest absolute Gasteiger partial charge is 0.244 e. The fraction of sp³-hybridized carbons (Fsp3) is 0.688. The van der Waals surface area contributed by atoms with Crippen LogP contribution in [0.1, 0.15) is 69.4 Å². The number of unbranched alkanes of at least 4 members (excludes halogenated alkanes) is 1. The highest BCUT2D eigenvalue weighted by Gasteiger charge is 2.25. The first-order valence-corrected chi connectivity index (χ1v) is 8.39. The van der Waals surface area contributed by atoms with Gasteiger partial charge in [0.05, 0.1) is 0 Å². The molecule has 0 aliphatic heterocycles. The lowest BCUT2D eigenvalue weighted by Crippen LogP contribution is -2.05. The number of aryl methyl sites for hydroxylation is 2. The van der Waals surface area contributed by atoms with Crippen LogP contribution in [0, 0.1) is 6.92 Å². The second kappa shape index (κ2) is 6.76. The summed E-state index contributed by atoms with van der Waals surface area (Å²) in [7, 11) is 0. The van der Waals surface area contributed by atoms with Gasteiger partial charge in [-0.25, -0.2) is 14.3 Å². The summed E-state index contributed by atoms with van der Waals surface area (Å²) in [5.41, 5.74) is 0.915. The Labute approximate surface area is 134 Å². The van der Waals surface area contributed by atoms with Gasteiger partial charge < -0.3 is 0 Å². The van der Waals surface area contributed by atoms with Gasteiger partial charge in [0.2, 0.25) is 0 Å². The maximum Gasteiger partial charge on any atom is 0.333 e. The van der Waals surface area contributed by atoms with Crippen LogP contribution >= 0.6 is 0 Å². The van der Waals surface area contributed by atoms with Gasteiger partial charge in [-0.3, -0.25) is 0 Å². The van der Waals surface area contributed by atoms with Crippen LogP contribution in [-0.4, -0.2) is 24.5 Å². The van der Waals surface area contributed by atoms with Gasteiger partial charge in [0, 0.05) is 18.2 Å². The third-order valence-corrected chi connectivity index (χ3v) is 4.47. The third-order valence-electron chi connectivity index (χ3n) is 4.47. The minimum absolute atomic E-state index is 0.398. The Kier molecular flexibility index (Phi) is 4.73. The van der Waals surface area contributed by atoms with Crippen molar-refractivity contribution < 1.29 is 8.78 Å². The zero-order valence-corrected chi connectivity index (χ0v) is 13.7. The summed E-state index contributed by atoms with van der Waals surface area (Å²) in [6.45, 7) is 1.86. The van der Waals surface area contributed by atoms with Gasteiger partial charge in [0.15, 0.2) is 11.6 Å². The van der Waals surface area contributed by atoms with Gasteiger partial charge in [-0.15, -0.1) is 0 Å². The number of hydrogen-bond acceptors (Lipinski definition) is 3. The summed E-state index contributed by atoms with van der Waals surface area (Å²) in [4.78, 5) is 4.66. The van der Waals surface area contributed by atoms with Gasteiger partial charge in [-0.05, 0) is 32.3 Å². The van der Waals surface area contributed by atoms with Gasteiger partial charge in [-0.2, -0.15) is 19.0 Å². The monoisotopic (exact) mass is 323 g/mol. The summed E-state index contributed by atoms with van der Waals surface area (Å²) in [5, 5.41) is 8.69. The summed E-state index contributed by atoms with van der Waals surface area (Å²) in [6.07, 6.45) is 6.67. The Balaban J connectivity index is 1.96. The number of rotatable bonds is 6. The summed E-state index contributed by atoms with van der Waals surface area (Å²) >= 11 is 0. The second-order valence-electron chi connectivity index (χ2n) is 6.24. The first-order chi connectivity index (χ1) is 11.1. The minimum Gasteiger partial charge on any atom is -0.244 e. The number of alkyl halides is 2. The molecule has 0 aromatic carbocycles. The number of aromatic nitrogens is 5. The van der Waals surface area contributed by atoms with Crippen molar-refractivity contribution in [2.24, 2.45) is 0 Å². The molecule has 1 aliphatic carbocycles. The van der Waals surface area contributed by atoms with Crippen LogP contribution in [0.3, 0.4) is 0 Å². The number of halogens is 2. The minimum atomic E-state index is -2.63. The molecule has 126 valence electrons. The van der Waals surface area contributed by atoms with Gasteiger partial charge in [0.1, 0.15) is 5.69 Å². The molecule has 1 saturated carbocycles. The molecule has 0 unspecified atom stereocenters. The zero-order valence-electron chi connectivity index (χ0n) is 13.7. The maximum atomic E-state index is 13.0. The quantitative estimate of drug-likeness (QED) is 0.796. The molecule has 0 bridgehead atoms. The molecule has 2 heterocycles. The molecule has 0 radical (unpaired) electrons. The number of hydrogen-bond donors (Lipinski definition) is 0. The van der Waals surface area contributed by atoms with E-state index in [-0.39, 0.29) is 0 Å². The molecular formula is C16H23F2N5. The van der Waals surface area contributed by atoms with E-state index in [2.05, 4.69) is 22.1 Å². The molecule has 5 nitrogen and oxygen atoms in total. The molecule has 0 spiro atoms. The van der Waals surface area contributed by atoms with E-state index in [4.69, 9.17) is 0 Å². The molecule has 1 aliphatic rings. The maximum absolute atomic E-state index is 13.0. The first-order valence-electron chi connectivity index (χ1n) is 8.39. The van der Waals surface area contributed by atoms with Crippen molar-refractivity contribution in [3.63, 3.8) is 0 Å². The van der Waals surface area contributed by atoms with Crippen molar-refractivity contribution in [3.05, 3.63) is 17.6 Å². The van der Waals surface area contributed by atoms with Crippen LogP contribution < -0.4 is 0 Å². The highest BCUT2D eigenvalue weighted by molar-refractivity contribution is 5.50. The Morgan fingerprint density at radius 2 is 2.00 bits per heavy atom. The van der Waals surface area contributed by atoms with E-state index in [1.54, 1.807) is 13.0 Å². The topological polar surface area (TPSA) is 48.5 Å². The Morgan fingerprint density at radius 3 is 2.61 bits per heavy atom. The average Bonchev–Trinajstić information content (AvgIpc) is 3.23. The van der Waals surface area contributed by atoms with E-state index in [9.17, 15) is 8.78 Å². The van der Waals surface area contributed by atoms with E-state index in [1.807, 2.05) is 4.68 Å². The van der Waals surface area contributed by atoms with Crippen molar-refractivity contribution in [3.8, 4) is 11.5 Å². The highest BCUT2D eigenvalue weighted by Crippen LogP contribution is 2.33. The lowest BCUT2D eigenvalue weighted by atomic mass is 10.1. The van der Waals surface area contributed by atoms with E-state index < -0.39 is 6.55 Å². The molecule has 1 fully saturated rings. The molecule has 0 amide bonds. The first kappa shape index (κ1) is 16.1. The fourth-order valence-electron chi connectivity index (χ4n) is 3.16. The molecule has 2 aromatic heterocycles. The van der Waals surface area contributed by atoms with E-state index in [1.165, 1.54) is 12.8 Å². The normalized spacial score (nSPS) is 15.9. The van der Waals surface area contributed by atoms with Crippen LogP contribution in [0.25, 0.3) is 11.5 Å². The van der Waals surface area contributed by atoms with E-state index >= 15 is 0 Å². The van der Waals surface area contributed by atoms with Crippen LogP contribution in [-0.2, 0) is 6.54 Å². The Hall–Kier alpha value is -1.79. The summed E-state index contributed by atoms with van der Waals surface area (Å²) in [5.74, 6) is 1.86. The van der Waals surface area contributed by atoms with Crippen LogP contribution in [0.5, 0.6) is 0 Å². The van der Waals surface area contributed by atoms with Crippen LogP contribution in [0.2, 0.25) is 0 Å². The lowest BCUT2D eigenvalue weighted by molar-refractivity contribution is 0.0546. The molecule has 0 N–H and O–H groups in total. The van der Waals surface area contributed by atoms with Crippen molar-refractivity contribution in [1.29, 1.82) is 0 Å². The molecule has 0 atom stereocenters. The van der Waals surface area contributed by atoms with Gasteiger partial charge in [0.25, 0.3) is 0 Å². The second-order valence-corrected chi connectivity index (χ2v) is 6.24. The van der Waals surface area contributed by atoms with Crippen molar-refractivity contribution in [1.82, 2.24) is 24.5 Å². The Bertz CT molecular complexity index is 655. The lowest BCUT2D eigenvalue weighted by Gasteiger charge is -2.03. The van der Waals surface area contributed by atoms with Crippen molar-refractivity contribution in [2.45, 2.75) is 71.4 Å². The van der Waals surface area contributed by atoms with Crippen LogP contribution in [0.4, 0.5) is 8.78 Å². The summed E-state index contributed by atoms with van der Waals surface area (Å²) in [6, 6.07) is 1.66. The van der Waals surface area contributed by atoms with Crippen molar-refractivity contribution in [2.75, 3.05) is 0 Å². The van der Waals surface area contributed by atoms with E-state index in [0.29, 0.717) is 23.1 Å². The van der Waals surface area contributed by atoms with Gasteiger partial charge >= 0.3 is 6.55 Å². The largest absolute Gasteiger partial charge is 0.333 e. The zero-order chi connectivity index (χ0) is 16.4. The predicted octanol–water partition coefficient (Wildman–Crippen LogP) is 4.30. The molecule has 23 heavy (non-hydrogen) atoms. The highest BCUT2D eigenvalue weighted by atomic mass is 19.3.